The summed E-state index contributed by atoms with van der Waals surface area (Å²) in [6.07, 6.45) is 1.90. The third-order valence-corrected chi connectivity index (χ3v) is 5.17. The molecule has 8 heteroatoms. The second-order valence-corrected chi connectivity index (χ2v) is 6.89. The second-order valence-electron chi connectivity index (χ2n) is 5.25. The molecule has 0 saturated heterocycles. The van der Waals surface area contributed by atoms with Crippen LogP contribution in [0.1, 0.15) is 12.6 Å². The van der Waals surface area contributed by atoms with Crippen LogP contribution < -0.4 is 10.2 Å². The van der Waals surface area contributed by atoms with Crippen molar-refractivity contribution in [2.75, 3.05) is 18.5 Å². The van der Waals surface area contributed by atoms with Gasteiger partial charge in [0.15, 0.2) is 0 Å². The topological polar surface area (TPSA) is 71.0 Å². The average molecular weight is 347 g/mol. The van der Waals surface area contributed by atoms with Crippen LogP contribution in [0.4, 0.5) is 5.82 Å². The van der Waals surface area contributed by atoms with Crippen molar-refractivity contribution in [3.8, 4) is 0 Å². The Balaban J connectivity index is 1.60. The van der Waals surface area contributed by atoms with E-state index in [1.807, 2.05) is 23.9 Å². The van der Waals surface area contributed by atoms with E-state index in [-0.39, 0.29) is 11.9 Å². The predicted molar refractivity (Wildman–Crippen MR) is 94.1 cm³/mol. The normalized spacial score (nSPS) is 12.3. The van der Waals surface area contributed by atoms with Gasteiger partial charge in [0.1, 0.15) is 12.1 Å². The van der Waals surface area contributed by atoms with Crippen LogP contribution >= 0.6 is 22.7 Å². The molecule has 0 spiro atoms. The number of anilines is 1. The number of carbonyl (C=O) groups excluding carboxylic acids is 1. The van der Waals surface area contributed by atoms with Crippen LogP contribution in [-0.4, -0.2) is 40.5 Å². The van der Waals surface area contributed by atoms with Crippen molar-refractivity contribution in [1.29, 1.82) is 0 Å². The molecule has 0 aliphatic heterocycles. The lowest BCUT2D eigenvalue weighted by Crippen LogP contribution is -2.41. The van der Waals surface area contributed by atoms with E-state index in [1.54, 1.807) is 23.2 Å². The van der Waals surface area contributed by atoms with Crippen molar-refractivity contribution in [3.63, 3.8) is 0 Å². The molecule has 0 aliphatic rings. The lowest BCUT2D eigenvalue weighted by molar-refractivity contribution is -0.120. The van der Waals surface area contributed by atoms with Gasteiger partial charge in [-0.2, -0.15) is 0 Å². The molecule has 3 aromatic heterocycles. The summed E-state index contributed by atoms with van der Waals surface area (Å²) in [5.41, 5.74) is 3.50. The first-order valence-corrected chi connectivity index (χ1v) is 9.02. The maximum atomic E-state index is 12.0. The molecule has 0 bridgehead atoms. The SMILES string of the molecule is CC(CNC(=O)Cc1cscn1)N(C)c1ncnc2ccsc12. The number of likely N-dealkylation sites (N-methyl/N-ethyl adjacent to an activating group) is 1. The first-order valence-electron chi connectivity index (χ1n) is 7.20. The molecule has 0 aromatic carbocycles. The van der Waals surface area contributed by atoms with Gasteiger partial charge in [-0.3, -0.25) is 4.79 Å². The maximum absolute atomic E-state index is 12.0. The molecule has 120 valence electrons. The first-order chi connectivity index (χ1) is 11.1. The number of nitrogens with one attached hydrogen (secondary N) is 1. The number of amides is 1. The maximum Gasteiger partial charge on any atom is 0.226 e. The van der Waals surface area contributed by atoms with Gasteiger partial charge < -0.3 is 10.2 Å². The number of nitrogens with zero attached hydrogens (tertiary/aromatic N) is 4. The van der Waals surface area contributed by atoms with E-state index in [4.69, 9.17) is 0 Å². The van der Waals surface area contributed by atoms with Crippen LogP contribution in [0, 0.1) is 0 Å². The third kappa shape index (κ3) is 3.65. The fraction of sp³-hybridized carbons (Fsp3) is 0.333. The van der Waals surface area contributed by atoms with Gasteiger partial charge in [0.25, 0.3) is 0 Å². The number of thiophene rings is 1. The Hall–Kier alpha value is -2.06. The number of thiazole rings is 1. The molecule has 0 saturated carbocycles. The summed E-state index contributed by atoms with van der Waals surface area (Å²) < 4.78 is 1.07. The van der Waals surface area contributed by atoms with E-state index < -0.39 is 0 Å². The lowest BCUT2D eigenvalue weighted by Gasteiger charge is -2.26. The molecule has 1 unspecified atom stereocenters. The number of carbonyl (C=O) groups is 1. The molecule has 1 atom stereocenters. The Bertz CT molecular complexity index is 786. The largest absolute Gasteiger partial charge is 0.354 e. The minimum atomic E-state index is -0.0138. The van der Waals surface area contributed by atoms with Crippen molar-refractivity contribution in [3.05, 3.63) is 34.4 Å². The highest BCUT2D eigenvalue weighted by Gasteiger charge is 2.16. The van der Waals surface area contributed by atoms with Gasteiger partial charge in [0.2, 0.25) is 5.91 Å². The first kappa shape index (κ1) is 15.8. The van der Waals surface area contributed by atoms with E-state index >= 15 is 0 Å². The molecule has 6 nitrogen and oxygen atoms in total. The summed E-state index contributed by atoms with van der Waals surface area (Å²) in [6, 6.07) is 2.11. The molecule has 1 N–H and O–H groups in total. The summed E-state index contributed by atoms with van der Waals surface area (Å²) >= 11 is 3.12. The van der Waals surface area contributed by atoms with E-state index in [1.165, 1.54) is 11.3 Å². The van der Waals surface area contributed by atoms with Gasteiger partial charge in [0.05, 0.1) is 27.8 Å². The monoisotopic (exact) mass is 347 g/mol. The van der Waals surface area contributed by atoms with Crippen LogP contribution in [0.3, 0.4) is 0 Å². The smallest absolute Gasteiger partial charge is 0.226 e. The fourth-order valence-electron chi connectivity index (χ4n) is 2.19. The molecule has 0 aliphatic carbocycles. The summed E-state index contributed by atoms with van der Waals surface area (Å²) in [5, 5.41) is 6.86. The molecule has 3 heterocycles. The number of hydrogen-bond acceptors (Lipinski definition) is 7. The molecule has 1 amide bonds. The van der Waals surface area contributed by atoms with E-state index in [0.29, 0.717) is 13.0 Å². The van der Waals surface area contributed by atoms with Gasteiger partial charge >= 0.3 is 0 Å². The van der Waals surface area contributed by atoms with E-state index in [2.05, 4.69) is 32.1 Å². The molecular formula is C15H17N5OS2. The Labute approximate surface area is 142 Å². The summed E-state index contributed by atoms with van der Waals surface area (Å²) in [4.78, 5) is 26.8. The van der Waals surface area contributed by atoms with Gasteiger partial charge in [-0.25, -0.2) is 15.0 Å². The van der Waals surface area contributed by atoms with Crippen molar-refractivity contribution in [2.45, 2.75) is 19.4 Å². The molecule has 23 heavy (non-hydrogen) atoms. The van der Waals surface area contributed by atoms with Crippen LogP contribution in [-0.2, 0) is 11.2 Å². The third-order valence-electron chi connectivity index (χ3n) is 3.64. The van der Waals surface area contributed by atoms with E-state index in [0.717, 1.165) is 21.7 Å². The summed E-state index contributed by atoms with van der Waals surface area (Å²) in [7, 11) is 1.98. The highest BCUT2D eigenvalue weighted by Crippen LogP contribution is 2.27. The Morgan fingerprint density at radius 1 is 1.39 bits per heavy atom. The summed E-state index contributed by atoms with van der Waals surface area (Å²) in [5.74, 6) is 0.881. The van der Waals surface area contributed by atoms with Gasteiger partial charge in [-0.15, -0.1) is 22.7 Å². The predicted octanol–water partition coefficient (Wildman–Crippen LogP) is 2.33. The second kappa shape index (κ2) is 7.01. The highest BCUT2D eigenvalue weighted by molar-refractivity contribution is 7.17. The minimum Gasteiger partial charge on any atom is -0.354 e. The average Bonchev–Trinajstić information content (AvgIpc) is 3.22. The van der Waals surface area contributed by atoms with Crippen LogP contribution in [0.25, 0.3) is 10.2 Å². The highest BCUT2D eigenvalue weighted by atomic mass is 32.1. The summed E-state index contributed by atoms with van der Waals surface area (Å²) in [6.45, 7) is 2.61. The van der Waals surface area contributed by atoms with Gasteiger partial charge in [-0.1, -0.05) is 0 Å². The standard InChI is InChI=1S/C15H17N5OS2/c1-10(6-16-13(21)5-11-7-22-9-19-11)20(2)15-14-12(3-4-23-14)17-8-18-15/h3-4,7-10H,5-6H2,1-2H3,(H,16,21). The van der Waals surface area contributed by atoms with Crippen molar-refractivity contribution in [2.24, 2.45) is 0 Å². The molecule has 3 aromatic rings. The van der Waals surface area contributed by atoms with Crippen molar-refractivity contribution < 1.29 is 4.79 Å². The molecular weight excluding hydrogens is 330 g/mol. The number of aromatic nitrogens is 3. The number of hydrogen-bond donors (Lipinski definition) is 1. The zero-order valence-corrected chi connectivity index (χ0v) is 14.5. The number of rotatable bonds is 6. The fourth-order valence-corrected chi connectivity index (χ4v) is 3.62. The quantitative estimate of drug-likeness (QED) is 0.741. The van der Waals surface area contributed by atoms with Crippen LogP contribution in [0.5, 0.6) is 0 Å². The van der Waals surface area contributed by atoms with Gasteiger partial charge in [-0.05, 0) is 18.4 Å². The Kier molecular flexibility index (Phi) is 4.82. The van der Waals surface area contributed by atoms with Crippen molar-refractivity contribution in [1.82, 2.24) is 20.3 Å². The number of fused-ring (bicyclic) bond motifs is 1. The molecule has 0 radical (unpaired) electrons. The molecule has 3 rings (SSSR count). The van der Waals surface area contributed by atoms with Crippen LogP contribution in [0.2, 0.25) is 0 Å². The lowest BCUT2D eigenvalue weighted by atomic mass is 10.2. The molecule has 0 fully saturated rings. The minimum absolute atomic E-state index is 0.0138. The Morgan fingerprint density at radius 2 is 2.26 bits per heavy atom. The zero-order chi connectivity index (χ0) is 16.2. The van der Waals surface area contributed by atoms with Crippen molar-refractivity contribution >= 4 is 44.6 Å². The van der Waals surface area contributed by atoms with E-state index in [9.17, 15) is 4.79 Å². The zero-order valence-electron chi connectivity index (χ0n) is 12.9. The van der Waals surface area contributed by atoms with Gasteiger partial charge in [0, 0.05) is 25.0 Å². The van der Waals surface area contributed by atoms with Crippen LogP contribution in [0.15, 0.2) is 28.7 Å². The Morgan fingerprint density at radius 3 is 3.04 bits per heavy atom.